The molecule has 0 aromatic heterocycles. The van der Waals surface area contributed by atoms with Gasteiger partial charge in [-0.3, -0.25) is 0 Å². The molecular weight excluding hydrogens is 178 g/mol. The smallest absolute Gasteiger partial charge is 1.00 e. The second-order valence-corrected chi connectivity index (χ2v) is 2.95. The topological polar surface area (TPSA) is 85.8 Å². The van der Waals surface area contributed by atoms with Gasteiger partial charge in [0.05, 0.1) is 0 Å². The summed E-state index contributed by atoms with van der Waals surface area (Å²) in [5.74, 6) is 0. The molecular formula is H8AlCaO5P. The van der Waals surface area contributed by atoms with E-state index in [0.29, 0.717) is 0 Å². The Balaban J connectivity index is -0.0000000450. The predicted octanol–water partition coefficient (Wildman–Crippen LogP) is -2.29. The van der Waals surface area contributed by atoms with Crippen molar-refractivity contribution in [1.29, 1.82) is 0 Å². The van der Waals surface area contributed by atoms with Crippen LogP contribution in [-0.2, 0) is 9.35 Å². The van der Waals surface area contributed by atoms with Gasteiger partial charge in [0.15, 0.2) is 17.4 Å². The van der Waals surface area contributed by atoms with Crippen LogP contribution >= 0.6 is 7.74 Å². The number of hydrogen-bond acceptors (Lipinski definition) is 5. The van der Waals surface area contributed by atoms with Crippen molar-refractivity contribution in [3.63, 3.8) is 0 Å². The maximum atomic E-state index is 7.89. The molecule has 1 fully saturated rings. The van der Waals surface area contributed by atoms with Crippen molar-refractivity contribution in [2.24, 2.45) is 0 Å². The summed E-state index contributed by atoms with van der Waals surface area (Å²) in [5, 5.41) is 0. The Morgan fingerprint density at radius 3 is 1.25 bits per heavy atom. The fourth-order valence-corrected chi connectivity index (χ4v) is 0.402. The van der Waals surface area contributed by atoms with Crippen molar-refractivity contribution < 1.29 is 26.9 Å². The van der Waals surface area contributed by atoms with Gasteiger partial charge in [0.1, 0.15) is 0 Å². The summed E-state index contributed by atoms with van der Waals surface area (Å²) in [4.78, 5) is 23.7. The monoisotopic (exact) mass is 186 g/mol. The van der Waals surface area contributed by atoms with Gasteiger partial charge in [-0.1, -0.05) is 0 Å². The van der Waals surface area contributed by atoms with Gasteiger partial charge in [0, 0.05) is 0 Å². The van der Waals surface area contributed by atoms with Crippen molar-refractivity contribution in [3.05, 3.63) is 0 Å². The molecule has 1 heterocycles. The predicted molar refractivity (Wildman–Crippen MR) is 33.7 cm³/mol. The molecule has 1 saturated heterocycles. The molecule has 0 atom stereocenters. The Morgan fingerprint density at radius 1 is 1.12 bits per heavy atom. The van der Waals surface area contributed by atoms with Gasteiger partial charge in [-0.05, 0) is 0 Å². The Kier molecular flexibility index (Phi) is 4.68. The number of hydrogen-bond donors (Lipinski definition) is 3. The second-order valence-electron chi connectivity index (χ2n) is 0.982. The fourth-order valence-electron chi connectivity index (χ4n) is 0.0447. The van der Waals surface area contributed by atoms with Crippen LogP contribution in [0.4, 0.5) is 0 Å². The number of rotatable bonds is 0. The Bertz CT molecular complexity index is 83.4. The SMILES string of the molecule is OP1(O)(O)OO1.[AlH3].[Ca+2].[H-].[H-]. The summed E-state index contributed by atoms with van der Waals surface area (Å²) in [6, 6.07) is 0. The minimum Gasteiger partial charge on any atom is -1.00 e. The van der Waals surface area contributed by atoms with Crippen molar-refractivity contribution in [2.75, 3.05) is 0 Å². The van der Waals surface area contributed by atoms with Gasteiger partial charge in [0.2, 0.25) is 0 Å². The summed E-state index contributed by atoms with van der Waals surface area (Å²) < 4.78 is 6.76. The Hall–Kier alpha value is 2.02. The van der Waals surface area contributed by atoms with E-state index in [2.05, 4.69) is 9.35 Å². The van der Waals surface area contributed by atoms with Gasteiger partial charge in [-0.25, -0.2) is 0 Å². The van der Waals surface area contributed by atoms with Gasteiger partial charge in [-0.2, -0.15) is 0 Å². The molecule has 0 aliphatic carbocycles. The normalized spacial score (nSPS) is 32.1. The summed E-state index contributed by atoms with van der Waals surface area (Å²) in [6.45, 7) is 0. The first-order valence-corrected chi connectivity index (χ1v) is 3.06. The maximum absolute atomic E-state index is 7.89. The zero-order valence-corrected chi connectivity index (χ0v) is 6.42. The van der Waals surface area contributed by atoms with Gasteiger partial charge in [0.25, 0.3) is 0 Å². The van der Waals surface area contributed by atoms with E-state index in [1.807, 2.05) is 0 Å². The molecule has 1 aliphatic heterocycles. The first kappa shape index (κ1) is 12.7. The summed E-state index contributed by atoms with van der Waals surface area (Å²) in [6.07, 6.45) is 0. The van der Waals surface area contributed by atoms with Crippen molar-refractivity contribution in [2.45, 2.75) is 0 Å². The Morgan fingerprint density at radius 2 is 1.25 bits per heavy atom. The van der Waals surface area contributed by atoms with E-state index in [4.69, 9.17) is 14.7 Å². The standard InChI is InChI=1S/Al.Ca.H3O5P.5H/c;;1-6(2,3)4-5-6;;;;;/h;;1-3H;;;;;/q;+2;;;;;2*-1. The van der Waals surface area contributed by atoms with E-state index in [1.54, 1.807) is 0 Å². The molecule has 0 saturated carbocycles. The van der Waals surface area contributed by atoms with E-state index >= 15 is 0 Å². The zero-order valence-electron chi connectivity index (χ0n) is 5.31. The minimum absolute atomic E-state index is 0. The Labute approximate surface area is 89.0 Å². The molecule has 8 heteroatoms. The average molecular weight is 186 g/mol. The molecule has 1 aliphatic rings. The molecule has 0 aromatic carbocycles. The molecule has 0 radical (unpaired) electrons. The van der Waals surface area contributed by atoms with E-state index in [1.165, 1.54) is 0 Å². The van der Waals surface area contributed by atoms with Crippen molar-refractivity contribution in [1.82, 2.24) is 0 Å². The van der Waals surface area contributed by atoms with Crippen LogP contribution in [0.3, 0.4) is 0 Å². The summed E-state index contributed by atoms with van der Waals surface area (Å²) >= 11 is 0. The van der Waals surface area contributed by atoms with E-state index < -0.39 is 7.74 Å². The molecule has 0 aromatic rings. The van der Waals surface area contributed by atoms with Crippen LogP contribution < -0.4 is 0 Å². The molecule has 0 unspecified atom stereocenters. The van der Waals surface area contributed by atoms with Gasteiger partial charge in [-0.15, -0.1) is 0 Å². The average Bonchev–Trinajstić information content (AvgIpc) is 1.73. The zero-order chi connectivity index (χ0) is 4.86. The van der Waals surface area contributed by atoms with E-state index in [0.717, 1.165) is 0 Å². The van der Waals surface area contributed by atoms with Crippen LogP contribution in [0.2, 0.25) is 0 Å². The third-order valence-corrected chi connectivity index (χ3v) is 0.824. The fraction of sp³-hybridized carbons (Fsp3) is 0. The van der Waals surface area contributed by atoms with Crippen LogP contribution in [0.5, 0.6) is 0 Å². The molecule has 0 bridgehead atoms. The molecule has 0 spiro atoms. The second kappa shape index (κ2) is 2.95. The van der Waals surface area contributed by atoms with Crippen LogP contribution in [0, 0.1) is 0 Å². The third kappa shape index (κ3) is 4.86. The van der Waals surface area contributed by atoms with Crippen LogP contribution in [0.1, 0.15) is 2.85 Å². The largest absolute Gasteiger partial charge is 2.00 e. The molecule has 48 valence electrons. The van der Waals surface area contributed by atoms with E-state index in [-0.39, 0.29) is 58.0 Å². The third-order valence-electron chi connectivity index (χ3n) is 0.275. The molecule has 0 amide bonds. The molecule has 5 nitrogen and oxygen atoms in total. The summed E-state index contributed by atoms with van der Waals surface area (Å²) in [5.41, 5.74) is 0. The first-order valence-electron chi connectivity index (χ1n) is 1.13. The minimum atomic E-state index is -4.80. The molecule has 8 heavy (non-hydrogen) atoms. The molecule has 3 N–H and O–H groups in total. The van der Waals surface area contributed by atoms with Crippen LogP contribution in [0.25, 0.3) is 0 Å². The maximum Gasteiger partial charge on any atom is 2.00 e. The quantitative estimate of drug-likeness (QED) is 0.172. The van der Waals surface area contributed by atoms with Crippen molar-refractivity contribution >= 4 is 62.8 Å². The first-order chi connectivity index (χ1) is 2.47. The molecule has 1 rings (SSSR count). The van der Waals surface area contributed by atoms with E-state index in [9.17, 15) is 0 Å². The van der Waals surface area contributed by atoms with Crippen LogP contribution in [0.15, 0.2) is 0 Å². The van der Waals surface area contributed by atoms with Crippen LogP contribution in [-0.4, -0.2) is 69.8 Å². The van der Waals surface area contributed by atoms with Crippen molar-refractivity contribution in [3.8, 4) is 0 Å². The summed E-state index contributed by atoms with van der Waals surface area (Å²) in [7, 11) is -4.80. The van der Waals surface area contributed by atoms with Gasteiger partial charge >= 0.3 is 69.5 Å². The van der Waals surface area contributed by atoms with Gasteiger partial charge < -0.3 is 2.85 Å².